The zero-order valence-electron chi connectivity index (χ0n) is 9.91. The summed E-state index contributed by atoms with van der Waals surface area (Å²) in [6.07, 6.45) is 5.89. The van der Waals surface area contributed by atoms with Gasteiger partial charge in [-0.15, -0.1) is 11.6 Å². The van der Waals surface area contributed by atoms with Crippen LogP contribution >= 0.6 is 11.6 Å². The number of nitrogens with one attached hydrogen (secondary N) is 1. The van der Waals surface area contributed by atoms with E-state index in [4.69, 9.17) is 11.6 Å². The molecular weight excluding hydrogens is 246 g/mol. The summed E-state index contributed by atoms with van der Waals surface area (Å²) in [6.45, 7) is 2.00. The highest BCUT2D eigenvalue weighted by atomic mass is 35.5. The molecular formula is C11H22ClNO2S. The smallest absolute Gasteiger partial charge is 0.211 e. The van der Waals surface area contributed by atoms with E-state index < -0.39 is 10.0 Å². The average Bonchev–Trinajstić information content (AvgIpc) is 2.27. The van der Waals surface area contributed by atoms with Crippen LogP contribution in [0.2, 0.25) is 0 Å². The van der Waals surface area contributed by atoms with Gasteiger partial charge >= 0.3 is 0 Å². The molecule has 3 nitrogen and oxygen atoms in total. The van der Waals surface area contributed by atoms with Crippen LogP contribution in [0.3, 0.4) is 0 Å². The number of sulfonamides is 1. The minimum absolute atomic E-state index is 0.0631. The van der Waals surface area contributed by atoms with Crippen molar-refractivity contribution in [3.8, 4) is 0 Å². The highest BCUT2D eigenvalue weighted by molar-refractivity contribution is 7.89. The van der Waals surface area contributed by atoms with Crippen molar-refractivity contribution in [2.45, 2.75) is 51.5 Å². The molecule has 1 fully saturated rings. The average molecular weight is 268 g/mol. The van der Waals surface area contributed by atoms with Crippen molar-refractivity contribution in [2.75, 3.05) is 11.6 Å². The lowest BCUT2D eigenvalue weighted by molar-refractivity contribution is 0.314. The Kier molecular flexibility index (Phi) is 6.08. The van der Waals surface area contributed by atoms with E-state index in [0.717, 1.165) is 32.1 Å². The van der Waals surface area contributed by atoms with Crippen LogP contribution in [0.15, 0.2) is 0 Å². The van der Waals surface area contributed by atoms with Gasteiger partial charge in [-0.3, -0.25) is 0 Å². The molecule has 2 atom stereocenters. The topological polar surface area (TPSA) is 46.2 Å². The second-order valence-corrected chi connectivity index (χ2v) is 6.78. The van der Waals surface area contributed by atoms with Gasteiger partial charge < -0.3 is 0 Å². The highest BCUT2D eigenvalue weighted by Gasteiger charge is 2.27. The Balaban J connectivity index is 2.50. The summed E-state index contributed by atoms with van der Waals surface area (Å²) in [5.41, 5.74) is 0. The maximum atomic E-state index is 11.8. The molecule has 1 aliphatic carbocycles. The maximum absolute atomic E-state index is 11.8. The van der Waals surface area contributed by atoms with Crippen molar-refractivity contribution in [1.29, 1.82) is 0 Å². The van der Waals surface area contributed by atoms with E-state index in [1.54, 1.807) is 0 Å². The van der Waals surface area contributed by atoms with Crippen molar-refractivity contribution < 1.29 is 8.42 Å². The van der Waals surface area contributed by atoms with Crippen LogP contribution in [0.25, 0.3) is 0 Å². The van der Waals surface area contributed by atoms with Crippen molar-refractivity contribution in [1.82, 2.24) is 4.72 Å². The Bertz CT molecular complexity index is 292. The Morgan fingerprint density at radius 1 is 1.31 bits per heavy atom. The second kappa shape index (κ2) is 6.82. The molecule has 0 aromatic rings. The number of halogens is 1. The molecule has 0 aromatic carbocycles. The number of unbranched alkanes of at least 4 members (excludes halogenated alkanes) is 1. The molecule has 0 amide bonds. The molecule has 1 aliphatic rings. The summed E-state index contributed by atoms with van der Waals surface area (Å²) >= 11 is 5.87. The highest BCUT2D eigenvalue weighted by Crippen LogP contribution is 2.25. The summed E-state index contributed by atoms with van der Waals surface area (Å²) in [5, 5.41) is 0. The molecule has 1 N–H and O–H groups in total. The molecule has 96 valence electrons. The summed E-state index contributed by atoms with van der Waals surface area (Å²) in [5.74, 6) is 1.11. The molecule has 1 saturated carbocycles. The standard InChI is InChI=1S/C11H22ClNO2S/c1-2-3-8-16(14,15)13-11-7-5-4-6-10(11)9-12/h10-11,13H,2-9H2,1H3. The van der Waals surface area contributed by atoms with Crippen molar-refractivity contribution in [3.05, 3.63) is 0 Å². The number of alkyl halides is 1. The van der Waals surface area contributed by atoms with E-state index in [0.29, 0.717) is 11.8 Å². The van der Waals surface area contributed by atoms with Gasteiger partial charge in [-0.1, -0.05) is 26.2 Å². The van der Waals surface area contributed by atoms with Crippen LogP contribution in [0.1, 0.15) is 45.4 Å². The molecule has 0 saturated heterocycles. The lowest BCUT2D eigenvalue weighted by atomic mass is 9.86. The molecule has 0 spiro atoms. The largest absolute Gasteiger partial charge is 0.212 e. The van der Waals surface area contributed by atoms with E-state index in [-0.39, 0.29) is 11.8 Å². The fraction of sp³-hybridized carbons (Fsp3) is 1.00. The van der Waals surface area contributed by atoms with Crippen LogP contribution in [0, 0.1) is 5.92 Å². The van der Waals surface area contributed by atoms with E-state index >= 15 is 0 Å². The number of hydrogen-bond donors (Lipinski definition) is 1. The van der Waals surface area contributed by atoms with Crippen LogP contribution in [0.4, 0.5) is 0 Å². The second-order valence-electron chi connectivity index (χ2n) is 4.60. The monoisotopic (exact) mass is 267 g/mol. The first kappa shape index (κ1) is 14.3. The fourth-order valence-electron chi connectivity index (χ4n) is 2.17. The third kappa shape index (κ3) is 4.60. The van der Waals surface area contributed by atoms with Gasteiger partial charge in [0.15, 0.2) is 0 Å². The molecule has 0 bridgehead atoms. The lowest BCUT2D eigenvalue weighted by Crippen LogP contribution is -2.43. The molecule has 5 heteroatoms. The van der Waals surface area contributed by atoms with Gasteiger partial charge in [-0.05, 0) is 25.2 Å². The summed E-state index contributed by atoms with van der Waals surface area (Å²) in [7, 11) is -3.10. The Hall–Kier alpha value is 0.200. The Labute approximate surface area is 104 Å². The van der Waals surface area contributed by atoms with Crippen LogP contribution in [0.5, 0.6) is 0 Å². The van der Waals surface area contributed by atoms with Gasteiger partial charge in [0.25, 0.3) is 0 Å². The molecule has 16 heavy (non-hydrogen) atoms. The number of hydrogen-bond acceptors (Lipinski definition) is 2. The Morgan fingerprint density at radius 3 is 2.62 bits per heavy atom. The van der Waals surface area contributed by atoms with Crippen LogP contribution in [-0.2, 0) is 10.0 Å². The molecule has 0 aromatic heterocycles. The third-order valence-corrected chi connectivity index (χ3v) is 5.09. The van der Waals surface area contributed by atoms with E-state index in [1.165, 1.54) is 6.42 Å². The normalized spacial score (nSPS) is 26.9. The SMILES string of the molecule is CCCCS(=O)(=O)NC1CCCCC1CCl. The van der Waals surface area contributed by atoms with E-state index in [9.17, 15) is 8.42 Å². The summed E-state index contributed by atoms with van der Waals surface area (Å²) in [6, 6.07) is 0.0631. The minimum Gasteiger partial charge on any atom is -0.212 e. The van der Waals surface area contributed by atoms with Crippen molar-refractivity contribution in [2.24, 2.45) is 5.92 Å². The van der Waals surface area contributed by atoms with Gasteiger partial charge in [0.1, 0.15) is 0 Å². The first-order valence-electron chi connectivity index (χ1n) is 6.15. The first-order chi connectivity index (χ1) is 7.59. The summed E-state index contributed by atoms with van der Waals surface area (Å²) < 4.78 is 26.3. The third-order valence-electron chi connectivity index (χ3n) is 3.20. The van der Waals surface area contributed by atoms with Crippen molar-refractivity contribution in [3.63, 3.8) is 0 Å². The molecule has 0 aliphatic heterocycles. The van der Waals surface area contributed by atoms with Gasteiger partial charge in [-0.25, -0.2) is 13.1 Å². The van der Waals surface area contributed by atoms with E-state index in [1.807, 2.05) is 6.92 Å². The molecule has 0 radical (unpaired) electrons. The zero-order chi connectivity index (χ0) is 12.0. The van der Waals surface area contributed by atoms with Gasteiger partial charge in [0.05, 0.1) is 5.75 Å². The van der Waals surface area contributed by atoms with Gasteiger partial charge in [0, 0.05) is 11.9 Å². The fourth-order valence-corrected chi connectivity index (χ4v) is 4.10. The lowest BCUT2D eigenvalue weighted by Gasteiger charge is -2.30. The van der Waals surface area contributed by atoms with Crippen LogP contribution in [-0.4, -0.2) is 26.1 Å². The minimum atomic E-state index is -3.10. The quantitative estimate of drug-likeness (QED) is 0.752. The predicted octanol–water partition coefficient (Wildman–Crippen LogP) is 2.50. The molecule has 0 heterocycles. The summed E-state index contributed by atoms with van der Waals surface area (Å²) in [4.78, 5) is 0. The van der Waals surface area contributed by atoms with Gasteiger partial charge in [0.2, 0.25) is 10.0 Å². The van der Waals surface area contributed by atoms with Crippen LogP contribution < -0.4 is 4.72 Å². The molecule has 2 unspecified atom stereocenters. The predicted molar refractivity (Wildman–Crippen MR) is 68.3 cm³/mol. The molecule has 1 rings (SSSR count). The zero-order valence-corrected chi connectivity index (χ0v) is 11.5. The number of rotatable bonds is 6. The van der Waals surface area contributed by atoms with E-state index in [2.05, 4.69) is 4.72 Å². The first-order valence-corrected chi connectivity index (χ1v) is 8.33. The maximum Gasteiger partial charge on any atom is 0.211 e. The Morgan fingerprint density at radius 2 is 2.00 bits per heavy atom. The van der Waals surface area contributed by atoms with Crippen molar-refractivity contribution >= 4 is 21.6 Å². The van der Waals surface area contributed by atoms with Gasteiger partial charge in [-0.2, -0.15) is 0 Å².